The molecular weight excluding hydrogens is 246 g/mol. The lowest BCUT2D eigenvalue weighted by Gasteiger charge is -2.38. The van der Waals surface area contributed by atoms with Gasteiger partial charge in [-0.3, -0.25) is 9.69 Å². The molecule has 1 fully saturated rings. The van der Waals surface area contributed by atoms with Crippen molar-refractivity contribution >= 4 is 12.1 Å². The van der Waals surface area contributed by atoms with Crippen LogP contribution in [0.25, 0.3) is 0 Å². The van der Waals surface area contributed by atoms with Crippen molar-refractivity contribution in [2.24, 2.45) is 0 Å². The number of carbonyl (C=O) groups excluding carboxylic acids is 1. The Balaban J connectivity index is 2.96. The lowest BCUT2D eigenvalue weighted by Crippen LogP contribution is -2.52. The van der Waals surface area contributed by atoms with Gasteiger partial charge in [-0.2, -0.15) is 0 Å². The molecule has 0 aromatic rings. The minimum Gasteiger partial charge on any atom is -0.480 e. The zero-order valence-corrected chi connectivity index (χ0v) is 11.9. The lowest BCUT2D eigenvalue weighted by molar-refractivity contribution is -0.139. The fourth-order valence-electron chi connectivity index (χ4n) is 2.43. The van der Waals surface area contributed by atoms with Gasteiger partial charge in [-0.15, -0.1) is 6.58 Å². The molecule has 5 heteroatoms. The molecule has 108 valence electrons. The molecule has 0 bridgehead atoms. The predicted molar refractivity (Wildman–Crippen MR) is 72.0 cm³/mol. The third-order valence-electron chi connectivity index (χ3n) is 3.29. The van der Waals surface area contributed by atoms with Crippen molar-refractivity contribution in [3.63, 3.8) is 0 Å². The van der Waals surface area contributed by atoms with Crippen LogP contribution in [0, 0.1) is 0 Å². The zero-order chi connectivity index (χ0) is 14.7. The molecule has 1 aliphatic rings. The quantitative estimate of drug-likeness (QED) is 0.797. The van der Waals surface area contributed by atoms with E-state index >= 15 is 0 Å². The van der Waals surface area contributed by atoms with Crippen LogP contribution in [0.15, 0.2) is 12.7 Å². The van der Waals surface area contributed by atoms with Gasteiger partial charge in [0, 0.05) is 0 Å². The zero-order valence-electron chi connectivity index (χ0n) is 11.9. The molecule has 0 spiro atoms. The van der Waals surface area contributed by atoms with Gasteiger partial charge in [-0.1, -0.05) is 18.9 Å². The number of carboxylic acid groups (broad SMARTS) is 1. The summed E-state index contributed by atoms with van der Waals surface area (Å²) < 4.78 is 5.32. The molecule has 1 aliphatic carbocycles. The summed E-state index contributed by atoms with van der Waals surface area (Å²) in [6, 6.07) is 0. The van der Waals surface area contributed by atoms with Gasteiger partial charge >= 0.3 is 12.1 Å². The number of ether oxygens (including phenoxy) is 1. The van der Waals surface area contributed by atoms with Crippen LogP contribution in [0.3, 0.4) is 0 Å². The summed E-state index contributed by atoms with van der Waals surface area (Å²) in [4.78, 5) is 24.6. The maximum atomic E-state index is 12.2. The number of amides is 1. The molecule has 1 amide bonds. The molecule has 0 aromatic carbocycles. The summed E-state index contributed by atoms with van der Waals surface area (Å²) in [6.45, 7) is 8.71. The summed E-state index contributed by atoms with van der Waals surface area (Å²) in [5, 5.41) is 9.02. The third kappa shape index (κ3) is 3.98. The number of hydrogen-bond donors (Lipinski definition) is 1. The average Bonchev–Trinajstić information content (AvgIpc) is 2.72. The van der Waals surface area contributed by atoms with Gasteiger partial charge in [-0.05, 0) is 33.6 Å². The number of carbonyl (C=O) groups is 2. The second-order valence-electron chi connectivity index (χ2n) is 5.98. The molecule has 1 saturated carbocycles. The number of nitrogens with zero attached hydrogens (tertiary/aromatic N) is 1. The van der Waals surface area contributed by atoms with Crippen molar-refractivity contribution in [2.75, 3.05) is 6.54 Å². The van der Waals surface area contributed by atoms with Crippen molar-refractivity contribution in [3.05, 3.63) is 12.7 Å². The standard InChI is InChI=1S/C14H23NO4/c1-5-14(8-6-7-9-14)15(10-11(16)17)12(18)19-13(2,3)4/h5H,1,6-10H2,2-4H3,(H,16,17). The first-order chi connectivity index (χ1) is 8.70. The second kappa shape index (κ2) is 5.63. The SMILES string of the molecule is C=CC1(N(CC(=O)O)C(=O)OC(C)(C)C)CCCC1. The molecule has 1 rings (SSSR count). The van der Waals surface area contributed by atoms with Crippen LogP contribution in [0.2, 0.25) is 0 Å². The number of rotatable bonds is 4. The Morgan fingerprint density at radius 1 is 1.37 bits per heavy atom. The first-order valence-electron chi connectivity index (χ1n) is 6.56. The summed E-state index contributed by atoms with van der Waals surface area (Å²) in [7, 11) is 0. The highest BCUT2D eigenvalue weighted by molar-refractivity contribution is 5.78. The lowest BCUT2D eigenvalue weighted by atomic mass is 9.95. The normalized spacial score (nSPS) is 17.8. The van der Waals surface area contributed by atoms with Crippen LogP contribution in [-0.4, -0.2) is 39.8 Å². The minimum atomic E-state index is -1.04. The maximum absolute atomic E-state index is 12.2. The molecule has 0 saturated heterocycles. The first-order valence-corrected chi connectivity index (χ1v) is 6.56. The van der Waals surface area contributed by atoms with Gasteiger partial charge in [0.05, 0.1) is 5.54 Å². The van der Waals surface area contributed by atoms with E-state index in [0.717, 1.165) is 25.7 Å². The smallest absolute Gasteiger partial charge is 0.411 e. The van der Waals surface area contributed by atoms with Gasteiger partial charge in [0.25, 0.3) is 0 Å². The summed E-state index contributed by atoms with van der Waals surface area (Å²) in [5.41, 5.74) is -1.23. The van der Waals surface area contributed by atoms with E-state index in [-0.39, 0.29) is 6.54 Å². The first kappa shape index (κ1) is 15.5. The predicted octanol–water partition coefficient (Wildman–Crippen LogP) is 2.81. The van der Waals surface area contributed by atoms with E-state index in [1.165, 1.54) is 4.90 Å². The highest BCUT2D eigenvalue weighted by Crippen LogP contribution is 2.37. The van der Waals surface area contributed by atoms with Crippen molar-refractivity contribution in [3.8, 4) is 0 Å². The van der Waals surface area contributed by atoms with Crippen LogP contribution in [-0.2, 0) is 9.53 Å². The molecule has 0 aromatic heterocycles. The Hall–Kier alpha value is -1.52. The Bertz CT molecular complexity index is 364. The van der Waals surface area contributed by atoms with Crippen molar-refractivity contribution in [1.82, 2.24) is 4.90 Å². The van der Waals surface area contributed by atoms with E-state index in [9.17, 15) is 9.59 Å². The third-order valence-corrected chi connectivity index (χ3v) is 3.29. The monoisotopic (exact) mass is 269 g/mol. The van der Waals surface area contributed by atoms with Crippen molar-refractivity contribution in [1.29, 1.82) is 0 Å². The van der Waals surface area contributed by atoms with Gasteiger partial charge in [0.15, 0.2) is 0 Å². The fraction of sp³-hybridized carbons (Fsp3) is 0.714. The fourth-order valence-corrected chi connectivity index (χ4v) is 2.43. The van der Waals surface area contributed by atoms with E-state index in [0.29, 0.717) is 0 Å². The maximum Gasteiger partial charge on any atom is 0.411 e. The second-order valence-corrected chi connectivity index (χ2v) is 5.98. The Labute approximate surface area is 114 Å². The number of aliphatic carboxylic acids is 1. The molecule has 0 atom stereocenters. The molecular formula is C14H23NO4. The van der Waals surface area contributed by atoms with Crippen LogP contribution in [0.1, 0.15) is 46.5 Å². The van der Waals surface area contributed by atoms with E-state index < -0.39 is 23.2 Å². The van der Waals surface area contributed by atoms with Gasteiger partial charge in [0.2, 0.25) is 0 Å². The van der Waals surface area contributed by atoms with Gasteiger partial charge in [-0.25, -0.2) is 4.79 Å². The molecule has 19 heavy (non-hydrogen) atoms. The van der Waals surface area contributed by atoms with E-state index in [4.69, 9.17) is 9.84 Å². The summed E-state index contributed by atoms with van der Waals surface area (Å²) >= 11 is 0. The highest BCUT2D eigenvalue weighted by atomic mass is 16.6. The topological polar surface area (TPSA) is 66.8 Å². The summed E-state index contributed by atoms with van der Waals surface area (Å²) in [6.07, 6.45) is 4.51. The number of hydrogen-bond acceptors (Lipinski definition) is 3. The van der Waals surface area contributed by atoms with E-state index in [1.807, 2.05) is 0 Å². The summed E-state index contributed by atoms with van der Waals surface area (Å²) in [5.74, 6) is -1.04. The molecule has 1 N–H and O–H groups in total. The van der Waals surface area contributed by atoms with Crippen LogP contribution < -0.4 is 0 Å². The molecule has 0 aliphatic heterocycles. The molecule has 5 nitrogen and oxygen atoms in total. The van der Waals surface area contributed by atoms with Crippen LogP contribution in [0.4, 0.5) is 4.79 Å². The highest BCUT2D eigenvalue weighted by Gasteiger charge is 2.42. The average molecular weight is 269 g/mol. The number of carboxylic acids is 1. The Morgan fingerprint density at radius 2 is 1.89 bits per heavy atom. The van der Waals surface area contributed by atoms with E-state index in [2.05, 4.69) is 6.58 Å². The van der Waals surface area contributed by atoms with E-state index in [1.54, 1.807) is 26.8 Å². The molecule has 0 unspecified atom stereocenters. The Kier molecular flexibility index (Phi) is 4.61. The largest absolute Gasteiger partial charge is 0.480 e. The van der Waals surface area contributed by atoms with Crippen molar-refractivity contribution in [2.45, 2.75) is 57.6 Å². The minimum absolute atomic E-state index is 0.360. The van der Waals surface area contributed by atoms with Crippen LogP contribution in [0.5, 0.6) is 0 Å². The molecule has 0 heterocycles. The Morgan fingerprint density at radius 3 is 2.26 bits per heavy atom. The van der Waals surface area contributed by atoms with Crippen LogP contribution >= 0.6 is 0 Å². The van der Waals surface area contributed by atoms with Gasteiger partial charge < -0.3 is 9.84 Å². The molecule has 0 radical (unpaired) electrons. The van der Waals surface area contributed by atoms with Gasteiger partial charge in [0.1, 0.15) is 12.1 Å². The van der Waals surface area contributed by atoms with Crippen molar-refractivity contribution < 1.29 is 19.4 Å².